The molecule has 2 aromatic carbocycles. The average Bonchev–Trinajstić information content (AvgIpc) is 3.35. The standard InChI is InChI=1S/C23H24N6O2/c1-2-29-19(20(23(30)31)21(26-29)16-11-12-16)13-14-7-9-15(10-8-14)17-5-3-4-6-18(17)22-24-27-28-25-22/h3-10,16,19,26H,2,11-13H2,1H3,(H,30,31)(H,24,25,27,28). The van der Waals surface area contributed by atoms with E-state index in [4.69, 9.17) is 0 Å². The van der Waals surface area contributed by atoms with Crippen molar-refractivity contribution in [3.8, 4) is 22.5 Å². The Bertz CT molecular complexity index is 1120. The number of carboxylic acids is 1. The normalized spacial score (nSPS) is 18.9. The van der Waals surface area contributed by atoms with Crippen LogP contribution in [0.5, 0.6) is 0 Å². The Hall–Kier alpha value is -3.52. The largest absolute Gasteiger partial charge is 0.478 e. The summed E-state index contributed by atoms with van der Waals surface area (Å²) in [6.45, 7) is 2.79. The number of aromatic amines is 1. The maximum Gasteiger partial charge on any atom is 0.335 e. The number of rotatable bonds is 7. The monoisotopic (exact) mass is 416 g/mol. The Morgan fingerprint density at radius 1 is 1.13 bits per heavy atom. The van der Waals surface area contributed by atoms with E-state index in [1.54, 1.807) is 0 Å². The van der Waals surface area contributed by atoms with Gasteiger partial charge in [0, 0.05) is 23.7 Å². The number of likely N-dealkylation sites (N-methyl/N-ethyl adjacent to an activating group) is 1. The van der Waals surface area contributed by atoms with Gasteiger partial charge >= 0.3 is 5.97 Å². The van der Waals surface area contributed by atoms with Crippen LogP contribution in [-0.4, -0.2) is 49.3 Å². The predicted octanol–water partition coefficient (Wildman–Crippen LogP) is 3.03. The molecule has 1 saturated carbocycles. The summed E-state index contributed by atoms with van der Waals surface area (Å²) in [6.07, 6.45) is 2.78. The van der Waals surface area contributed by atoms with Gasteiger partial charge in [0.1, 0.15) is 0 Å². The van der Waals surface area contributed by atoms with Crippen molar-refractivity contribution in [3.63, 3.8) is 0 Å². The van der Waals surface area contributed by atoms with Gasteiger partial charge in [-0.25, -0.2) is 9.80 Å². The number of carboxylic acid groups (broad SMARTS) is 1. The van der Waals surface area contributed by atoms with Crippen molar-refractivity contribution in [1.82, 2.24) is 31.1 Å². The van der Waals surface area contributed by atoms with Gasteiger partial charge in [-0.1, -0.05) is 55.5 Å². The molecule has 8 heteroatoms. The number of allylic oxidation sites excluding steroid dienone is 1. The van der Waals surface area contributed by atoms with Crippen LogP contribution in [0.25, 0.3) is 22.5 Å². The van der Waals surface area contributed by atoms with Crippen molar-refractivity contribution in [3.05, 3.63) is 65.4 Å². The number of hydrazine groups is 1. The molecule has 0 spiro atoms. The Morgan fingerprint density at radius 3 is 2.48 bits per heavy atom. The minimum atomic E-state index is -0.819. The molecule has 1 atom stereocenters. The molecule has 0 bridgehead atoms. The summed E-state index contributed by atoms with van der Waals surface area (Å²) in [6, 6.07) is 16.1. The first kappa shape index (κ1) is 19.4. The molecular formula is C23H24N6O2. The molecule has 5 rings (SSSR count). The lowest BCUT2D eigenvalue weighted by molar-refractivity contribution is -0.133. The summed E-state index contributed by atoms with van der Waals surface area (Å²) in [7, 11) is 0. The lowest BCUT2D eigenvalue weighted by atomic mass is 9.94. The Morgan fingerprint density at radius 2 is 1.87 bits per heavy atom. The molecule has 3 aromatic rings. The summed E-state index contributed by atoms with van der Waals surface area (Å²) >= 11 is 0. The molecule has 8 nitrogen and oxygen atoms in total. The minimum absolute atomic E-state index is 0.171. The van der Waals surface area contributed by atoms with E-state index in [0.29, 0.717) is 23.7 Å². The molecule has 1 aliphatic carbocycles. The summed E-state index contributed by atoms with van der Waals surface area (Å²) < 4.78 is 0. The van der Waals surface area contributed by atoms with Crippen molar-refractivity contribution < 1.29 is 9.90 Å². The zero-order valence-electron chi connectivity index (χ0n) is 17.2. The van der Waals surface area contributed by atoms with E-state index in [1.165, 1.54) is 0 Å². The zero-order valence-corrected chi connectivity index (χ0v) is 17.2. The van der Waals surface area contributed by atoms with Crippen molar-refractivity contribution in [2.75, 3.05) is 6.54 Å². The molecule has 3 N–H and O–H groups in total. The summed E-state index contributed by atoms with van der Waals surface area (Å²) in [5, 5.41) is 26.3. The molecule has 31 heavy (non-hydrogen) atoms. The van der Waals surface area contributed by atoms with E-state index in [-0.39, 0.29) is 6.04 Å². The van der Waals surface area contributed by atoms with Crippen LogP contribution in [0, 0.1) is 5.92 Å². The first-order chi connectivity index (χ1) is 15.2. The van der Waals surface area contributed by atoms with Crippen LogP contribution in [0.2, 0.25) is 0 Å². The van der Waals surface area contributed by atoms with Crippen molar-refractivity contribution in [1.29, 1.82) is 0 Å². The quantitative estimate of drug-likeness (QED) is 0.543. The number of nitrogens with one attached hydrogen (secondary N) is 2. The number of tetrazole rings is 1. The molecule has 0 radical (unpaired) electrons. The summed E-state index contributed by atoms with van der Waals surface area (Å²) in [5.74, 6) is 0.106. The van der Waals surface area contributed by atoms with E-state index in [2.05, 4.69) is 55.3 Å². The maximum atomic E-state index is 12.1. The van der Waals surface area contributed by atoms with Crippen LogP contribution in [0.4, 0.5) is 0 Å². The number of benzene rings is 2. The summed E-state index contributed by atoms with van der Waals surface area (Å²) in [5.41, 5.74) is 8.89. The van der Waals surface area contributed by atoms with E-state index < -0.39 is 5.97 Å². The highest BCUT2D eigenvalue weighted by Gasteiger charge is 2.41. The number of nitrogens with zero attached hydrogens (tertiary/aromatic N) is 4. The molecule has 0 saturated heterocycles. The van der Waals surface area contributed by atoms with Crippen LogP contribution in [0.3, 0.4) is 0 Å². The number of carbonyl (C=O) groups is 1. The average molecular weight is 416 g/mol. The fourth-order valence-electron chi connectivity index (χ4n) is 4.33. The van der Waals surface area contributed by atoms with Gasteiger partial charge in [0.05, 0.1) is 11.6 Å². The second-order valence-corrected chi connectivity index (χ2v) is 8.00. The molecule has 1 aliphatic heterocycles. The van der Waals surface area contributed by atoms with Crippen LogP contribution in [-0.2, 0) is 11.2 Å². The first-order valence-corrected chi connectivity index (χ1v) is 10.6. The highest BCUT2D eigenvalue weighted by atomic mass is 16.4. The highest BCUT2D eigenvalue weighted by molar-refractivity contribution is 5.90. The Kier molecular flexibility index (Phi) is 4.99. The lowest BCUT2D eigenvalue weighted by Gasteiger charge is -2.24. The fraction of sp³-hybridized carbons (Fsp3) is 0.304. The van der Waals surface area contributed by atoms with E-state index in [1.807, 2.05) is 31.2 Å². The third-order valence-corrected chi connectivity index (χ3v) is 6.03. The molecule has 2 heterocycles. The van der Waals surface area contributed by atoms with E-state index in [9.17, 15) is 9.90 Å². The van der Waals surface area contributed by atoms with Crippen LogP contribution < -0.4 is 5.43 Å². The molecule has 0 amide bonds. The highest BCUT2D eigenvalue weighted by Crippen LogP contribution is 2.41. The molecule has 1 unspecified atom stereocenters. The van der Waals surface area contributed by atoms with Gasteiger partial charge in [-0.05, 0) is 41.2 Å². The number of aliphatic carboxylic acids is 1. The molecular weight excluding hydrogens is 392 g/mol. The van der Waals surface area contributed by atoms with Crippen LogP contribution in [0.15, 0.2) is 59.8 Å². The third-order valence-electron chi connectivity index (χ3n) is 6.03. The second-order valence-electron chi connectivity index (χ2n) is 8.00. The SMILES string of the molecule is CCN1NC(C2CC2)=C(C(=O)O)C1Cc1ccc(-c2ccccc2-c2nn[nH]n2)cc1. The van der Waals surface area contributed by atoms with E-state index in [0.717, 1.165) is 47.3 Å². The number of aromatic nitrogens is 4. The van der Waals surface area contributed by atoms with Gasteiger partial charge in [-0.15, -0.1) is 10.2 Å². The fourth-order valence-corrected chi connectivity index (χ4v) is 4.33. The van der Waals surface area contributed by atoms with Gasteiger partial charge in [-0.2, -0.15) is 5.21 Å². The van der Waals surface area contributed by atoms with Crippen molar-refractivity contribution >= 4 is 5.97 Å². The number of hydrogen-bond donors (Lipinski definition) is 3. The lowest BCUT2D eigenvalue weighted by Crippen LogP contribution is -2.41. The zero-order chi connectivity index (χ0) is 21.4. The van der Waals surface area contributed by atoms with Gasteiger partial charge < -0.3 is 10.5 Å². The maximum absolute atomic E-state index is 12.1. The molecule has 158 valence electrons. The summed E-state index contributed by atoms with van der Waals surface area (Å²) in [4.78, 5) is 12.1. The van der Waals surface area contributed by atoms with Gasteiger partial charge in [0.2, 0.25) is 5.82 Å². The third kappa shape index (κ3) is 3.70. The minimum Gasteiger partial charge on any atom is -0.478 e. The van der Waals surface area contributed by atoms with Gasteiger partial charge in [-0.3, -0.25) is 0 Å². The first-order valence-electron chi connectivity index (χ1n) is 10.6. The van der Waals surface area contributed by atoms with Crippen LogP contribution >= 0.6 is 0 Å². The number of H-pyrrole nitrogens is 1. The van der Waals surface area contributed by atoms with Gasteiger partial charge in [0.25, 0.3) is 0 Å². The molecule has 1 fully saturated rings. The molecule has 1 aromatic heterocycles. The van der Waals surface area contributed by atoms with Gasteiger partial charge in [0.15, 0.2) is 0 Å². The van der Waals surface area contributed by atoms with Crippen LogP contribution in [0.1, 0.15) is 25.3 Å². The Balaban J connectivity index is 1.42. The van der Waals surface area contributed by atoms with Crippen molar-refractivity contribution in [2.45, 2.75) is 32.2 Å². The second kappa shape index (κ2) is 7.96. The topological polar surface area (TPSA) is 107 Å². The number of hydrogen-bond acceptors (Lipinski definition) is 6. The Labute approximate surface area is 180 Å². The van der Waals surface area contributed by atoms with Crippen molar-refractivity contribution in [2.24, 2.45) is 5.92 Å². The smallest absolute Gasteiger partial charge is 0.335 e. The molecule has 2 aliphatic rings. The van der Waals surface area contributed by atoms with E-state index >= 15 is 0 Å². The predicted molar refractivity (Wildman–Crippen MR) is 115 cm³/mol.